The fourth-order valence-electron chi connectivity index (χ4n) is 1.34. The molecule has 0 spiro atoms. The molecule has 0 aromatic heterocycles. The summed E-state index contributed by atoms with van der Waals surface area (Å²) in [4.78, 5) is 10.6. The monoisotopic (exact) mass is 356 g/mol. The number of sulfonamides is 2. The Bertz CT molecular complexity index is 745. The topological polar surface area (TPSA) is 130 Å². The van der Waals surface area contributed by atoms with E-state index in [0.717, 1.165) is 24.5 Å². The van der Waals surface area contributed by atoms with Gasteiger partial charge < -0.3 is 5.11 Å². The number of aromatic carboxylic acids is 1. The van der Waals surface area contributed by atoms with Crippen LogP contribution in [0, 0.1) is 0 Å². The molecular weight excluding hydrogens is 344 g/mol. The maximum atomic E-state index is 11.9. The van der Waals surface area contributed by atoms with E-state index >= 15 is 0 Å². The van der Waals surface area contributed by atoms with Crippen LogP contribution in [0.25, 0.3) is 0 Å². The van der Waals surface area contributed by atoms with Crippen LogP contribution < -0.4 is 9.44 Å². The summed E-state index contributed by atoms with van der Waals surface area (Å²) in [7, 11) is -7.37. The first-order valence-electron chi connectivity index (χ1n) is 5.50. The lowest BCUT2D eigenvalue weighted by molar-refractivity contribution is 0.0697. The molecule has 0 bridgehead atoms. The highest BCUT2D eigenvalue weighted by Crippen LogP contribution is 2.20. The SMILES string of the molecule is CS(=O)(=O)NCCNS(=O)(=O)c1ccc(Cl)c(C(=O)O)c1. The zero-order valence-electron chi connectivity index (χ0n) is 10.8. The van der Waals surface area contributed by atoms with Gasteiger partial charge in [0.05, 0.1) is 21.7 Å². The standard InChI is InChI=1S/C10H13ClN2O6S2/c1-20(16,17)12-4-5-13-21(18,19)7-2-3-9(11)8(6-7)10(14)15/h2-3,6,12-13H,4-5H2,1H3,(H,14,15). The third-order valence-corrected chi connectivity index (χ3v) is 4.78. The van der Waals surface area contributed by atoms with Crippen LogP contribution in [0.2, 0.25) is 5.02 Å². The molecule has 1 aromatic carbocycles. The quantitative estimate of drug-likeness (QED) is 0.583. The number of benzene rings is 1. The molecule has 0 fully saturated rings. The van der Waals surface area contributed by atoms with Crippen molar-refractivity contribution in [1.82, 2.24) is 9.44 Å². The second-order valence-electron chi connectivity index (χ2n) is 4.01. The van der Waals surface area contributed by atoms with Crippen LogP contribution in [0.15, 0.2) is 23.1 Å². The van der Waals surface area contributed by atoms with E-state index in [4.69, 9.17) is 16.7 Å². The van der Waals surface area contributed by atoms with E-state index in [1.54, 1.807) is 0 Å². The molecule has 118 valence electrons. The number of halogens is 1. The molecule has 0 saturated heterocycles. The Morgan fingerprint density at radius 2 is 1.76 bits per heavy atom. The van der Waals surface area contributed by atoms with Crippen LogP contribution >= 0.6 is 11.6 Å². The lowest BCUT2D eigenvalue weighted by atomic mass is 10.2. The Morgan fingerprint density at radius 1 is 1.19 bits per heavy atom. The van der Waals surface area contributed by atoms with Gasteiger partial charge >= 0.3 is 5.97 Å². The Balaban J connectivity index is 2.84. The molecule has 8 nitrogen and oxygen atoms in total. The average molecular weight is 357 g/mol. The van der Waals surface area contributed by atoms with E-state index in [9.17, 15) is 21.6 Å². The van der Waals surface area contributed by atoms with Gasteiger partial charge in [-0.2, -0.15) is 0 Å². The molecule has 0 aliphatic rings. The molecule has 21 heavy (non-hydrogen) atoms. The van der Waals surface area contributed by atoms with Gasteiger partial charge in [-0.05, 0) is 18.2 Å². The Labute approximate surface area is 127 Å². The number of rotatable bonds is 7. The Kier molecular flexibility index (Phi) is 5.70. The van der Waals surface area contributed by atoms with Crippen LogP contribution in [-0.2, 0) is 20.0 Å². The second kappa shape index (κ2) is 6.71. The highest BCUT2D eigenvalue weighted by molar-refractivity contribution is 7.89. The lowest BCUT2D eigenvalue weighted by Crippen LogP contribution is -2.34. The van der Waals surface area contributed by atoms with Gasteiger partial charge in [-0.1, -0.05) is 11.6 Å². The molecule has 0 aliphatic heterocycles. The van der Waals surface area contributed by atoms with Crippen molar-refractivity contribution >= 4 is 37.6 Å². The first-order chi connectivity index (χ1) is 9.53. The Morgan fingerprint density at radius 3 is 2.29 bits per heavy atom. The van der Waals surface area contributed by atoms with Crippen molar-refractivity contribution in [2.45, 2.75) is 4.90 Å². The minimum atomic E-state index is -3.96. The molecular formula is C10H13ClN2O6S2. The van der Waals surface area contributed by atoms with Gasteiger partial charge in [-0.3, -0.25) is 0 Å². The predicted octanol–water partition coefficient (Wildman–Crippen LogP) is -0.134. The summed E-state index contributed by atoms with van der Waals surface area (Å²) >= 11 is 5.65. The van der Waals surface area contributed by atoms with Crippen molar-refractivity contribution in [2.75, 3.05) is 19.3 Å². The second-order valence-corrected chi connectivity index (χ2v) is 8.02. The summed E-state index contributed by atoms with van der Waals surface area (Å²) in [5, 5.41) is 8.80. The first-order valence-corrected chi connectivity index (χ1v) is 9.25. The van der Waals surface area contributed by atoms with Gasteiger partial charge in [-0.15, -0.1) is 0 Å². The van der Waals surface area contributed by atoms with Gasteiger partial charge in [0, 0.05) is 13.1 Å². The van der Waals surface area contributed by atoms with E-state index in [1.165, 1.54) is 0 Å². The molecule has 1 aromatic rings. The van der Waals surface area contributed by atoms with Crippen molar-refractivity contribution in [1.29, 1.82) is 0 Å². The van der Waals surface area contributed by atoms with E-state index in [-0.39, 0.29) is 28.6 Å². The number of hydrogen-bond donors (Lipinski definition) is 3. The van der Waals surface area contributed by atoms with Crippen molar-refractivity contribution in [3.63, 3.8) is 0 Å². The number of hydrogen-bond acceptors (Lipinski definition) is 5. The van der Waals surface area contributed by atoms with Crippen LogP contribution in [-0.4, -0.2) is 47.3 Å². The number of carboxylic acids is 1. The van der Waals surface area contributed by atoms with E-state index in [2.05, 4.69) is 9.44 Å². The molecule has 1 rings (SSSR count). The van der Waals surface area contributed by atoms with E-state index in [1.807, 2.05) is 0 Å². The smallest absolute Gasteiger partial charge is 0.337 e. The van der Waals surface area contributed by atoms with Gasteiger partial charge in [0.25, 0.3) is 0 Å². The maximum absolute atomic E-state index is 11.9. The van der Waals surface area contributed by atoms with Crippen molar-refractivity contribution < 1.29 is 26.7 Å². The van der Waals surface area contributed by atoms with Crippen LogP contribution in [0.3, 0.4) is 0 Å². The maximum Gasteiger partial charge on any atom is 0.337 e. The number of carbonyl (C=O) groups is 1. The molecule has 0 atom stereocenters. The van der Waals surface area contributed by atoms with E-state index in [0.29, 0.717) is 0 Å². The predicted molar refractivity (Wildman–Crippen MR) is 76.4 cm³/mol. The normalized spacial score (nSPS) is 12.3. The third-order valence-electron chi connectivity index (χ3n) is 2.26. The summed E-state index contributed by atoms with van der Waals surface area (Å²) in [5.74, 6) is -1.35. The zero-order valence-corrected chi connectivity index (χ0v) is 13.2. The number of nitrogens with one attached hydrogen (secondary N) is 2. The number of carboxylic acid groups (broad SMARTS) is 1. The molecule has 0 heterocycles. The third kappa shape index (κ3) is 5.59. The van der Waals surface area contributed by atoms with E-state index < -0.39 is 26.0 Å². The highest BCUT2D eigenvalue weighted by Gasteiger charge is 2.18. The fraction of sp³-hybridized carbons (Fsp3) is 0.300. The minimum Gasteiger partial charge on any atom is -0.478 e. The molecule has 11 heteroatoms. The summed E-state index contributed by atoms with van der Waals surface area (Å²) in [5.41, 5.74) is -0.339. The van der Waals surface area contributed by atoms with Gasteiger partial charge in [-0.25, -0.2) is 31.1 Å². The van der Waals surface area contributed by atoms with Gasteiger partial charge in [0.1, 0.15) is 0 Å². The highest BCUT2D eigenvalue weighted by atomic mass is 35.5. The van der Waals surface area contributed by atoms with Crippen LogP contribution in [0.1, 0.15) is 10.4 Å². The van der Waals surface area contributed by atoms with Gasteiger partial charge in [0.2, 0.25) is 20.0 Å². The Hall–Kier alpha value is -1.20. The largest absolute Gasteiger partial charge is 0.478 e. The molecule has 0 unspecified atom stereocenters. The fourth-order valence-corrected chi connectivity index (χ4v) is 3.07. The average Bonchev–Trinajstić information content (AvgIpc) is 2.33. The van der Waals surface area contributed by atoms with Crippen LogP contribution in [0.4, 0.5) is 0 Å². The van der Waals surface area contributed by atoms with Crippen molar-refractivity contribution in [2.24, 2.45) is 0 Å². The summed E-state index contributed by atoms with van der Waals surface area (Å²) in [6, 6.07) is 3.24. The summed E-state index contributed by atoms with van der Waals surface area (Å²) in [6.45, 7) is -0.308. The van der Waals surface area contributed by atoms with Gasteiger partial charge in [0.15, 0.2) is 0 Å². The summed E-state index contributed by atoms with van der Waals surface area (Å²) in [6.07, 6.45) is 0.944. The molecule has 0 amide bonds. The molecule has 0 aliphatic carbocycles. The molecule has 0 radical (unpaired) electrons. The van der Waals surface area contributed by atoms with Crippen molar-refractivity contribution in [3.8, 4) is 0 Å². The zero-order chi connectivity index (χ0) is 16.3. The first kappa shape index (κ1) is 17.9. The molecule has 0 saturated carbocycles. The molecule has 3 N–H and O–H groups in total. The van der Waals surface area contributed by atoms with Crippen molar-refractivity contribution in [3.05, 3.63) is 28.8 Å². The van der Waals surface area contributed by atoms with Crippen LogP contribution in [0.5, 0.6) is 0 Å². The summed E-state index contributed by atoms with van der Waals surface area (Å²) < 4.78 is 49.7. The lowest BCUT2D eigenvalue weighted by Gasteiger charge is -2.08. The minimum absolute atomic E-state index is 0.0832.